The smallest absolute Gasteiger partial charge is 0.245 e. The van der Waals surface area contributed by atoms with E-state index in [1.165, 1.54) is 30.7 Å². The summed E-state index contributed by atoms with van der Waals surface area (Å²) < 4.78 is 38.6. The predicted octanol–water partition coefficient (Wildman–Crippen LogP) is 2.84. The largest absolute Gasteiger partial charge is 0.493 e. The Bertz CT molecular complexity index is 1050. The Morgan fingerprint density at radius 1 is 1.00 bits per heavy atom. The van der Waals surface area contributed by atoms with E-state index in [2.05, 4.69) is 0 Å². The molecule has 1 atom stereocenters. The van der Waals surface area contributed by atoms with Crippen LogP contribution in [-0.4, -0.2) is 52.0 Å². The minimum atomic E-state index is -3.86. The third kappa shape index (κ3) is 3.54. The molecule has 2 aliphatic rings. The van der Waals surface area contributed by atoms with Gasteiger partial charge in [-0.2, -0.15) is 4.31 Å². The average molecular weight is 431 g/mol. The van der Waals surface area contributed by atoms with Gasteiger partial charge >= 0.3 is 0 Å². The number of aryl methyl sites for hydroxylation is 1. The molecule has 0 spiro atoms. The normalized spacial score (nSPS) is 19.4. The van der Waals surface area contributed by atoms with Crippen LogP contribution in [0, 0.1) is 0 Å². The van der Waals surface area contributed by atoms with Crippen molar-refractivity contribution in [3.8, 4) is 11.5 Å². The summed E-state index contributed by atoms with van der Waals surface area (Å²) >= 11 is 0. The molecule has 1 amide bonds. The first-order valence-corrected chi connectivity index (χ1v) is 11.5. The van der Waals surface area contributed by atoms with Gasteiger partial charge in [-0.25, -0.2) is 8.42 Å². The fourth-order valence-electron chi connectivity index (χ4n) is 4.33. The molecule has 7 nitrogen and oxygen atoms in total. The molecule has 0 aromatic heterocycles. The van der Waals surface area contributed by atoms with E-state index in [1.54, 1.807) is 11.0 Å². The van der Waals surface area contributed by atoms with Gasteiger partial charge in [0.25, 0.3) is 0 Å². The zero-order chi connectivity index (χ0) is 21.3. The number of hydrogen-bond donors (Lipinski definition) is 0. The van der Waals surface area contributed by atoms with Crippen LogP contribution < -0.4 is 14.4 Å². The van der Waals surface area contributed by atoms with Crippen LogP contribution in [0.1, 0.15) is 24.8 Å². The highest BCUT2D eigenvalue weighted by Crippen LogP contribution is 2.35. The van der Waals surface area contributed by atoms with Crippen molar-refractivity contribution in [2.45, 2.75) is 36.6 Å². The topological polar surface area (TPSA) is 76.2 Å². The fraction of sp³-hybridized carbons (Fsp3) is 0.409. The number of carbonyl (C=O) groups is 1. The second-order valence-electron chi connectivity index (χ2n) is 7.51. The minimum Gasteiger partial charge on any atom is -0.493 e. The quantitative estimate of drug-likeness (QED) is 0.729. The van der Waals surface area contributed by atoms with Crippen molar-refractivity contribution in [1.29, 1.82) is 0 Å². The van der Waals surface area contributed by atoms with E-state index in [0.29, 0.717) is 37.4 Å². The molecule has 0 radical (unpaired) electrons. The third-order valence-electron chi connectivity index (χ3n) is 5.83. The number of fused-ring (bicyclic) bond motifs is 1. The van der Waals surface area contributed by atoms with Crippen LogP contribution in [0.25, 0.3) is 0 Å². The molecule has 2 aromatic rings. The standard InChI is InChI=1S/C22H26N2O5S/c1-28-20-12-11-17(15-21(20)29-2)30(26,27)24-14-6-10-19(24)22(25)23-13-5-8-16-7-3-4-9-18(16)23/h3-4,7,9,11-12,15,19H,5-6,8,10,13-14H2,1-2H3/t19-/m0/s1. The monoisotopic (exact) mass is 430 g/mol. The first-order chi connectivity index (χ1) is 14.5. The maximum absolute atomic E-state index is 13.5. The Labute approximate surface area is 177 Å². The van der Waals surface area contributed by atoms with Gasteiger partial charge < -0.3 is 14.4 Å². The molecule has 2 heterocycles. The summed E-state index contributed by atoms with van der Waals surface area (Å²) in [4.78, 5) is 15.3. The van der Waals surface area contributed by atoms with Crippen molar-refractivity contribution in [2.75, 3.05) is 32.2 Å². The Morgan fingerprint density at radius 3 is 2.53 bits per heavy atom. The molecule has 0 unspecified atom stereocenters. The maximum atomic E-state index is 13.5. The van der Waals surface area contributed by atoms with Crippen molar-refractivity contribution < 1.29 is 22.7 Å². The number of ether oxygens (including phenoxy) is 2. The molecule has 2 aromatic carbocycles. The van der Waals surface area contributed by atoms with Crippen LogP contribution in [0.3, 0.4) is 0 Å². The van der Waals surface area contributed by atoms with Crippen molar-refractivity contribution in [2.24, 2.45) is 0 Å². The number of nitrogens with zero attached hydrogens (tertiary/aromatic N) is 2. The number of hydrogen-bond acceptors (Lipinski definition) is 5. The molecule has 0 aliphatic carbocycles. The molecule has 4 rings (SSSR count). The SMILES string of the molecule is COc1ccc(S(=O)(=O)N2CCC[C@H]2C(=O)N2CCCc3ccccc32)cc1OC. The number of carbonyl (C=O) groups excluding carboxylic acids is 1. The predicted molar refractivity (Wildman–Crippen MR) is 114 cm³/mol. The Kier molecular flexibility index (Phi) is 5.71. The second kappa shape index (κ2) is 8.28. The molecule has 1 fully saturated rings. The number of rotatable bonds is 5. The fourth-order valence-corrected chi connectivity index (χ4v) is 6.00. The molecular formula is C22H26N2O5S. The van der Waals surface area contributed by atoms with E-state index in [4.69, 9.17) is 9.47 Å². The molecule has 0 saturated carbocycles. The molecule has 2 aliphatic heterocycles. The summed E-state index contributed by atoms with van der Waals surface area (Å²) in [7, 11) is -0.896. The van der Waals surface area contributed by atoms with E-state index in [-0.39, 0.29) is 10.8 Å². The lowest BCUT2D eigenvalue weighted by Gasteiger charge is -2.33. The molecule has 0 bridgehead atoms. The molecular weight excluding hydrogens is 404 g/mol. The number of benzene rings is 2. The van der Waals surface area contributed by atoms with E-state index in [0.717, 1.165) is 24.1 Å². The summed E-state index contributed by atoms with van der Waals surface area (Å²) in [5, 5.41) is 0. The van der Waals surface area contributed by atoms with Gasteiger partial charge in [0.05, 0.1) is 19.1 Å². The van der Waals surface area contributed by atoms with E-state index in [9.17, 15) is 13.2 Å². The Morgan fingerprint density at radius 2 is 1.77 bits per heavy atom. The summed E-state index contributed by atoms with van der Waals surface area (Å²) in [6, 6.07) is 11.7. The summed E-state index contributed by atoms with van der Waals surface area (Å²) in [5.74, 6) is 0.643. The molecule has 30 heavy (non-hydrogen) atoms. The summed E-state index contributed by atoms with van der Waals surface area (Å²) in [6.07, 6.45) is 2.97. The van der Waals surface area contributed by atoms with Gasteiger partial charge in [0.15, 0.2) is 11.5 Å². The highest BCUT2D eigenvalue weighted by molar-refractivity contribution is 7.89. The van der Waals surface area contributed by atoms with Crippen LogP contribution in [0.15, 0.2) is 47.4 Å². The number of sulfonamides is 1. The van der Waals surface area contributed by atoms with E-state index >= 15 is 0 Å². The first kappa shape index (κ1) is 20.7. The van der Waals surface area contributed by atoms with Gasteiger partial charge in [0, 0.05) is 24.8 Å². The second-order valence-corrected chi connectivity index (χ2v) is 9.40. The zero-order valence-corrected chi connectivity index (χ0v) is 18.0. The van der Waals surface area contributed by atoms with Gasteiger partial charge in [0.1, 0.15) is 6.04 Å². The van der Waals surface area contributed by atoms with Crippen LogP contribution in [0.4, 0.5) is 5.69 Å². The van der Waals surface area contributed by atoms with Gasteiger partial charge in [-0.15, -0.1) is 0 Å². The van der Waals surface area contributed by atoms with Gasteiger partial charge in [0.2, 0.25) is 15.9 Å². The highest BCUT2D eigenvalue weighted by atomic mass is 32.2. The lowest BCUT2D eigenvalue weighted by atomic mass is 10.0. The lowest BCUT2D eigenvalue weighted by Crippen LogP contribution is -2.49. The van der Waals surface area contributed by atoms with Gasteiger partial charge in [-0.05, 0) is 49.4 Å². The van der Waals surface area contributed by atoms with Crippen LogP contribution in [0.2, 0.25) is 0 Å². The Hall–Kier alpha value is -2.58. The molecule has 1 saturated heterocycles. The van der Waals surface area contributed by atoms with Crippen molar-refractivity contribution in [3.63, 3.8) is 0 Å². The van der Waals surface area contributed by atoms with Crippen molar-refractivity contribution in [3.05, 3.63) is 48.0 Å². The van der Waals surface area contributed by atoms with Crippen molar-refractivity contribution in [1.82, 2.24) is 4.31 Å². The van der Waals surface area contributed by atoms with Gasteiger partial charge in [-0.1, -0.05) is 18.2 Å². The zero-order valence-electron chi connectivity index (χ0n) is 17.2. The molecule has 0 N–H and O–H groups in total. The van der Waals surface area contributed by atoms with E-state index < -0.39 is 16.1 Å². The number of anilines is 1. The number of para-hydroxylation sites is 1. The molecule has 160 valence electrons. The summed E-state index contributed by atoms with van der Waals surface area (Å²) in [6.45, 7) is 0.930. The maximum Gasteiger partial charge on any atom is 0.245 e. The lowest BCUT2D eigenvalue weighted by molar-refractivity contribution is -0.121. The average Bonchev–Trinajstić information content (AvgIpc) is 3.28. The van der Waals surface area contributed by atoms with Crippen LogP contribution in [0.5, 0.6) is 11.5 Å². The first-order valence-electron chi connectivity index (χ1n) is 10.1. The van der Waals surface area contributed by atoms with Crippen LogP contribution >= 0.6 is 0 Å². The molecule has 8 heteroatoms. The van der Waals surface area contributed by atoms with E-state index in [1.807, 2.05) is 24.3 Å². The van der Waals surface area contributed by atoms with Crippen LogP contribution in [-0.2, 0) is 21.2 Å². The highest BCUT2D eigenvalue weighted by Gasteiger charge is 2.42. The number of amides is 1. The van der Waals surface area contributed by atoms with Crippen molar-refractivity contribution >= 4 is 21.6 Å². The number of methoxy groups -OCH3 is 2. The third-order valence-corrected chi connectivity index (χ3v) is 7.73. The Balaban J connectivity index is 1.65. The van der Waals surface area contributed by atoms with Gasteiger partial charge in [-0.3, -0.25) is 4.79 Å². The minimum absolute atomic E-state index is 0.0962. The summed E-state index contributed by atoms with van der Waals surface area (Å²) in [5.41, 5.74) is 2.02.